The monoisotopic (exact) mass is 362 g/mol. The van der Waals surface area contributed by atoms with Crippen molar-refractivity contribution in [3.63, 3.8) is 0 Å². The third-order valence-corrected chi connectivity index (χ3v) is 5.83. The van der Waals surface area contributed by atoms with Gasteiger partial charge in [-0.2, -0.15) is 0 Å². The van der Waals surface area contributed by atoms with Crippen molar-refractivity contribution in [3.05, 3.63) is 78.4 Å². The third-order valence-electron chi connectivity index (χ3n) is 5.83. The first-order chi connectivity index (χ1) is 13.3. The Hall–Kier alpha value is -2.10. The molecule has 0 amide bonds. The van der Waals surface area contributed by atoms with E-state index in [-0.39, 0.29) is 0 Å². The first kappa shape index (κ1) is 18.3. The first-order valence-corrected chi connectivity index (χ1v) is 10.1. The Kier molecular flexibility index (Phi) is 5.90. The van der Waals surface area contributed by atoms with Crippen molar-refractivity contribution >= 4 is 0 Å². The van der Waals surface area contributed by atoms with E-state index in [4.69, 9.17) is 4.74 Å². The van der Waals surface area contributed by atoms with Crippen molar-refractivity contribution in [1.29, 1.82) is 0 Å². The van der Waals surface area contributed by atoms with E-state index in [2.05, 4.69) is 71.0 Å². The molecule has 3 aliphatic heterocycles. The van der Waals surface area contributed by atoms with Gasteiger partial charge in [-0.1, -0.05) is 55.1 Å². The molecular formula is C24H30N2O. The Morgan fingerprint density at radius 1 is 0.889 bits per heavy atom. The van der Waals surface area contributed by atoms with Gasteiger partial charge in [-0.25, -0.2) is 0 Å². The summed E-state index contributed by atoms with van der Waals surface area (Å²) in [5.74, 6) is 1.71. The summed E-state index contributed by atoms with van der Waals surface area (Å²) in [7, 11) is 0. The number of hydrogen-bond donors (Lipinski definition) is 0. The van der Waals surface area contributed by atoms with Gasteiger partial charge in [-0.05, 0) is 42.0 Å². The number of fused-ring (bicyclic) bond motifs is 4. The van der Waals surface area contributed by atoms with E-state index in [1.165, 1.54) is 43.6 Å². The maximum atomic E-state index is 5.60. The van der Waals surface area contributed by atoms with E-state index >= 15 is 0 Å². The van der Waals surface area contributed by atoms with Crippen LogP contribution in [-0.4, -0.2) is 42.1 Å². The zero-order valence-electron chi connectivity index (χ0n) is 16.1. The van der Waals surface area contributed by atoms with Crippen molar-refractivity contribution in [1.82, 2.24) is 9.80 Å². The minimum absolute atomic E-state index is 0.562. The maximum absolute atomic E-state index is 5.60. The molecule has 0 aromatic heterocycles. The predicted octanol–water partition coefficient (Wildman–Crippen LogP) is 4.35. The summed E-state index contributed by atoms with van der Waals surface area (Å²) >= 11 is 0. The Labute approximate surface area is 163 Å². The highest BCUT2D eigenvalue weighted by Crippen LogP contribution is 2.30. The van der Waals surface area contributed by atoms with Crippen molar-refractivity contribution < 1.29 is 4.74 Å². The molecule has 27 heavy (non-hydrogen) atoms. The quantitative estimate of drug-likeness (QED) is 0.681. The highest BCUT2D eigenvalue weighted by atomic mass is 16.5. The molecule has 3 saturated heterocycles. The van der Waals surface area contributed by atoms with Crippen molar-refractivity contribution in [3.8, 4) is 5.75 Å². The van der Waals surface area contributed by atoms with Gasteiger partial charge < -0.3 is 4.74 Å². The zero-order valence-corrected chi connectivity index (χ0v) is 16.1. The van der Waals surface area contributed by atoms with Crippen molar-refractivity contribution in [2.45, 2.75) is 32.0 Å². The second kappa shape index (κ2) is 8.73. The summed E-state index contributed by atoms with van der Waals surface area (Å²) in [6.07, 6.45) is 4.49. The molecule has 2 atom stereocenters. The Balaban J connectivity index is 1.37. The van der Waals surface area contributed by atoms with Gasteiger partial charge in [0.15, 0.2) is 0 Å². The van der Waals surface area contributed by atoms with Crippen molar-refractivity contribution in [2.75, 3.05) is 26.2 Å². The van der Waals surface area contributed by atoms with Crippen LogP contribution in [0.15, 0.2) is 67.3 Å². The van der Waals surface area contributed by atoms with E-state index in [1.807, 2.05) is 0 Å². The van der Waals surface area contributed by atoms with Gasteiger partial charge in [0.05, 0.1) is 0 Å². The van der Waals surface area contributed by atoms with Crippen LogP contribution in [0.2, 0.25) is 0 Å². The molecule has 142 valence electrons. The lowest BCUT2D eigenvalue weighted by molar-refractivity contribution is 0.123. The molecule has 0 unspecified atom stereocenters. The summed E-state index contributed by atoms with van der Waals surface area (Å²) in [6.45, 7) is 10.0. The van der Waals surface area contributed by atoms with E-state index in [1.54, 1.807) is 6.08 Å². The lowest BCUT2D eigenvalue weighted by atomic mass is 9.94. The lowest BCUT2D eigenvalue weighted by Gasteiger charge is -2.36. The van der Waals surface area contributed by atoms with E-state index in [9.17, 15) is 0 Å². The van der Waals surface area contributed by atoms with Crippen LogP contribution in [-0.2, 0) is 13.1 Å². The Morgan fingerprint density at radius 3 is 2.44 bits per heavy atom. The molecule has 3 aliphatic rings. The standard InChI is InChI=1S/C24H30N2O/c1-2-14-27-24-12-9-21(10-13-24)15-25-16-22-8-11-23(19-25)26(18-22)17-20-6-4-3-5-7-20/h2-7,9-10,12-13,22-23H,1,8,11,14-19H2/t22-,23+/m0/s1. The third kappa shape index (κ3) is 4.79. The van der Waals surface area contributed by atoms with Crippen LogP contribution >= 0.6 is 0 Å². The van der Waals surface area contributed by atoms with Crippen LogP contribution in [0.1, 0.15) is 24.0 Å². The van der Waals surface area contributed by atoms with Crippen LogP contribution < -0.4 is 4.74 Å². The SMILES string of the molecule is C=CCOc1ccc(CN2C[C@@H]3CC[C@H](C2)N(Cc2ccccc2)C3)cc1. The fourth-order valence-electron chi connectivity index (χ4n) is 4.52. The zero-order chi connectivity index (χ0) is 18.5. The molecule has 0 N–H and O–H groups in total. The van der Waals surface area contributed by atoms with Gasteiger partial charge in [0.1, 0.15) is 12.4 Å². The van der Waals surface area contributed by atoms with Crippen LogP contribution in [0.5, 0.6) is 5.75 Å². The molecule has 3 nitrogen and oxygen atoms in total. The predicted molar refractivity (Wildman–Crippen MR) is 111 cm³/mol. The average Bonchev–Trinajstić information content (AvgIpc) is 2.99. The van der Waals surface area contributed by atoms with E-state index in [0.29, 0.717) is 12.6 Å². The molecule has 5 rings (SSSR count). The van der Waals surface area contributed by atoms with Crippen LogP contribution in [0.4, 0.5) is 0 Å². The number of piperidine rings is 1. The number of nitrogens with zero attached hydrogens (tertiary/aromatic N) is 2. The molecule has 2 aromatic rings. The molecule has 0 aliphatic carbocycles. The lowest BCUT2D eigenvalue weighted by Crippen LogP contribution is -2.43. The average molecular weight is 363 g/mol. The first-order valence-electron chi connectivity index (χ1n) is 10.1. The number of rotatable bonds is 7. The maximum Gasteiger partial charge on any atom is 0.119 e. The van der Waals surface area contributed by atoms with Crippen molar-refractivity contribution in [2.24, 2.45) is 5.92 Å². The summed E-state index contributed by atoms with van der Waals surface area (Å²) in [5.41, 5.74) is 2.81. The molecule has 0 saturated carbocycles. The summed E-state index contributed by atoms with van der Waals surface area (Å²) in [4.78, 5) is 5.38. The molecule has 3 heterocycles. The summed E-state index contributed by atoms with van der Waals surface area (Å²) < 4.78 is 5.60. The fraction of sp³-hybridized carbons (Fsp3) is 0.417. The second-order valence-corrected chi connectivity index (χ2v) is 7.95. The fourth-order valence-corrected chi connectivity index (χ4v) is 4.52. The minimum Gasteiger partial charge on any atom is -0.490 e. The molecule has 0 spiro atoms. The van der Waals surface area contributed by atoms with Gasteiger partial charge in [0.25, 0.3) is 0 Å². The highest BCUT2D eigenvalue weighted by Gasteiger charge is 2.34. The number of benzene rings is 2. The molecule has 2 bridgehead atoms. The topological polar surface area (TPSA) is 15.7 Å². The van der Waals surface area contributed by atoms with Crippen LogP contribution in [0, 0.1) is 5.92 Å². The molecular weight excluding hydrogens is 332 g/mol. The largest absolute Gasteiger partial charge is 0.490 e. The van der Waals surface area contributed by atoms with Gasteiger partial charge in [-0.3, -0.25) is 9.80 Å². The number of hydrogen-bond acceptors (Lipinski definition) is 3. The van der Waals surface area contributed by atoms with Gasteiger partial charge in [0, 0.05) is 38.8 Å². The van der Waals surface area contributed by atoms with E-state index < -0.39 is 0 Å². The summed E-state index contributed by atoms with van der Waals surface area (Å²) in [6, 6.07) is 20.2. The smallest absolute Gasteiger partial charge is 0.119 e. The normalized spacial score (nSPS) is 23.1. The van der Waals surface area contributed by atoms with Gasteiger partial charge in [0.2, 0.25) is 0 Å². The molecule has 3 fully saturated rings. The Morgan fingerprint density at radius 2 is 1.67 bits per heavy atom. The second-order valence-electron chi connectivity index (χ2n) is 7.95. The summed E-state index contributed by atoms with van der Waals surface area (Å²) in [5, 5.41) is 0. The van der Waals surface area contributed by atoms with E-state index in [0.717, 1.165) is 24.8 Å². The van der Waals surface area contributed by atoms with Crippen LogP contribution in [0.3, 0.4) is 0 Å². The Bertz CT molecular complexity index is 728. The minimum atomic E-state index is 0.562. The van der Waals surface area contributed by atoms with Gasteiger partial charge >= 0.3 is 0 Å². The van der Waals surface area contributed by atoms with Gasteiger partial charge in [-0.15, -0.1) is 0 Å². The molecule has 3 heteroatoms. The number of ether oxygens (including phenoxy) is 1. The van der Waals surface area contributed by atoms with Crippen LogP contribution in [0.25, 0.3) is 0 Å². The molecule has 2 aromatic carbocycles. The molecule has 0 radical (unpaired) electrons. The highest BCUT2D eigenvalue weighted by molar-refractivity contribution is 5.27.